The lowest BCUT2D eigenvalue weighted by Crippen LogP contribution is -2.41. The van der Waals surface area contributed by atoms with Crippen LogP contribution in [0.5, 0.6) is 0 Å². The first-order valence-electron chi connectivity index (χ1n) is 6.92. The highest BCUT2D eigenvalue weighted by Gasteiger charge is 2.57. The maximum atomic E-state index is 5.96. The summed E-state index contributed by atoms with van der Waals surface area (Å²) in [5, 5.41) is 3.74. The van der Waals surface area contributed by atoms with Gasteiger partial charge in [0.2, 0.25) is 0 Å². The maximum Gasteiger partial charge on any atom is 0.0827 e. The molecular formula is C14H27NO2. The van der Waals surface area contributed by atoms with E-state index in [1.165, 1.54) is 12.8 Å². The molecule has 2 saturated carbocycles. The highest BCUT2D eigenvalue weighted by molar-refractivity contribution is 5.15. The van der Waals surface area contributed by atoms with Gasteiger partial charge in [0.05, 0.1) is 24.4 Å². The second kappa shape index (κ2) is 4.52. The van der Waals surface area contributed by atoms with Crippen LogP contribution < -0.4 is 5.32 Å². The fourth-order valence-corrected chi connectivity index (χ4v) is 2.40. The van der Waals surface area contributed by atoms with Crippen LogP contribution in [0, 0.1) is 0 Å². The Morgan fingerprint density at radius 1 is 1.18 bits per heavy atom. The molecule has 17 heavy (non-hydrogen) atoms. The van der Waals surface area contributed by atoms with Crippen molar-refractivity contribution in [3.8, 4) is 0 Å². The molecule has 100 valence electrons. The zero-order chi connectivity index (χ0) is 12.7. The van der Waals surface area contributed by atoms with Crippen molar-refractivity contribution >= 4 is 0 Å². The molecule has 2 rings (SSSR count). The van der Waals surface area contributed by atoms with Gasteiger partial charge in [-0.1, -0.05) is 0 Å². The molecule has 2 aliphatic carbocycles. The molecule has 0 aliphatic heterocycles. The van der Waals surface area contributed by atoms with Gasteiger partial charge in [0.25, 0.3) is 0 Å². The molecule has 0 aromatic carbocycles. The molecule has 3 heteroatoms. The average molecular weight is 241 g/mol. The second-order valence-corrected chi connectivity index (χ2v) is 6.52. The minimum atomic E-state index is 0.0571. The van der Waals surface area contributed by atoms with Crippen LogP contribution in [0.25, 0.3) is 0 Å². The molecule has 0 saturated heterocycles. The fraction of sp³-hybridized carbons (Fsp3) is 1.00. The molecule has 2 fully saturated rings. The standard InChI is InChI=1S/C14H27NO2/c1-10(2)16-9-14(6-7-14)15-12-8-13(12,5)17-11(3)4/h10-12,15H,6-9H2,1-5H3. The van der Waals surface area contributed by atoms with Gasteiger partial charge < -0.3 is 14.8 Å². The minimum Gasteiger partial charge on any atom is -0.377 e. The highest BCUT2D eigenvalue weighted by atomic mass is 16.5. The van der Waals surface area contributed by atoms with Crippen LogP contribution >= 0.6 is 0 Å². The van der Waals surface area contributed by atoms with Crippen molar-refractivity contribution in [2.45, 2.75) is 83.3 Å². The fourth-order valence-electron chi connectivity index (χ4n) is 2.40. The van der Waals surface area contributed by atoms with Crippen molar-refractivity contribution in [2.24, 2.45) is 0 Å². The maximum absolute atomic E-state index is 5.96. The first-order valence-corrected chi connectivity index (χ1v) is 6.92. The molecule has 0 amide bonds. The van der Waals surface area contributed by atoms with E-state index in [2.05, 4.69) is 39.9 Å². The summed E-state index contributed by atoms with van der Waals surface area (Å²) < 4.78 is 11.7. The number of hydrogen-bond acceptors (Lipinski definition) is 3. The average Bonchev–Trinajstić information content (AvgIpc) is 3.05. The van der Waals surface area contributed by atoms with Crippen LogP contribution in [0.4, 0.5) is 0 Å². The molecule has 2 atom stereocenters. The van der Waals surface area contributed by atoms with E-state index in [9.17, 15) is 0 Å². The monoisotopic (exact) mass is 241 g/mol. The summed E-state index contributed by atoms with van der Waals surface area (Å²) in [6, 6.07) is 0.517. The third-order valence-corrected chi connectivity index (χ3v) is 3.72. The number of nitrogens with one attached hydrogen (secondary N) is 1. The molecule has 2 aliphatic rings. The summed E-state index contributed by atoms with van der Waals surface area (Å²) >= 11 is 0. The minimum absolute atomic E-state index is 0.0571. The molecule has 0 aromatic heterocycles. The molecule has 2 unspecified atom stereocenters. The van der Waals surface area contributed by atoms with Gasteiger partial charge in [-0.05, 0) is 53.9 Å². The lowest BCUT2D eigenvalue weighted by Gasteiger charge is -2.22. The van der Waals surface area contributed by atoms with Crippen molar-refractivity contribution in [2.75, 3.05) is 6.61 Å². The summed E-state index contributed by atoms with van der Waals surface area (Å²) in [5.74, 6) is 0. The summed E-state index contributed by atoms with van der Waals surface area (Å²) in [6.07, 6.45) is 4.26. The van der Waals surface area contributed by atoms with E-state index < -0.39 is 0 Å². The Balaban J connectivity index is 1.75. The Morgan fingerprint density at radius 3 is 2.29 bits per heavy atom. The van der Waals surface area contributed by atoms with Crippen molar-refractivity contribution < 1.29 is 9.47 Å². The summed E-state index contributed by atoms with van der Waals surface area (Å²) in [7, 11) is 0. The molecule has 0 bridgehead atoms. The molecular weight excluding hydrogens is 214 g/mol. The van der Waals surface area contributed by atoms with Crippen LogP contribution in [0.1, 0.15) is 53.9 Å². The molecule has 0 spiro atoms. The molecule has 0 heterocycles. The van der Waals surface area contributed by atoms with E-state index in [4.69, 9.17) is 9.47 Å². The van der Waals surface area contributed by atoms with Gasteiger partial charge in [0.15, 0.2) is 0 Å². The van der Waals surface area contributed by atoms with Crippen LogP contribution in [0.15, 0.2) is 0 Å². The molecule has 0 aromatic rings. The van der Waals surface area contributed by atoms with Gasteiger partial charge in [0.1, 0.15) is 0 Å². The van der Waals surface area contributed by atoms with Crippen LogP contribution in [0.2, 0.25) is 0 Å². The van der Waals surface area contributed by atoms with Gasteiger partial charge >= 0.3 is 0 Å². The van der Waals surface area contributed by atoms with Gasteiger partial charge in [-0.3, -0.25) is 0 Å². The van der Waals surface area contributed by atoms with Crippen LogP contribution in [0.3, 0.4) is 0 Å². The first kappa shape index (κ1) is 13.3. The van der Waals surface area contributed by atoms with E-state index in [-0.39, 0.29) is 11.1 Å². The van der Waals surface area contributed by atoms with E-state index in [0.717, 1.165) is 13.0 Å². The Hall–Kier alpha value is -0.120. The van der Waals surface area contributed by atoms with Crippen molar-refractivity contribution in [1.29, 1.82) is 0 Å². The van der Waals surface area contributed by atoms with Gasteiger partial charge in [-0.15, -0.1) is 0 Å². The number of hydrogen-bond donors (Lipinski definition) is 1. The zero-order valence-electron chi connectivity index (χ0n) is 11.9. The first-order chi connectivity index (χ1) is 7.85. The Morgan fingerprint density at radius 2 is 1.82 bits per heavy atom. The second-order valence-electron chi connectivity index (χ2n) is 6.52. The SMILES string of the molecule is CC(C)OCC1(NC2CC2(C)OC(C)C)CC1. The predicted molar refractivity (Wildman–Crippen MR) is 69.2 cm³/mol. The molecule has 0 radical (unpaired) electrons. The molecule has 3 nitrogen and oxygen atoms in total. The third kappa shape index (κ3) is 3.43. The largest absolute Gasteiger partial charge is 0.377 e. The number of ether oxygens (including phenoxy) is 2. The lowest BCUT2D eigenvalue weighted by molar-refractivity contribution is -0.00913. The topological polar surface area (TPSA) is 30.5 Å². The van der Waals surface area contributed by atoms with Crippen molar-refractivity contribution in [3.05, 3.63) is 0 Å². The van der Waals surface area contributed by atoms with E-state index in [0.29, 0.717) is 18.2 Å². The van der Waals surface area contributed by atoms with Crippen LogP contribution in [-0.4, -0.2) is 36.0 Å². The van der Waals surface area contributed by atoms with Crippen LogP contribution in [-0.2, 0) is 9.47 Å². The zero-order valence-corrected chi connectivity index (χ0v) is 11.9. The van der Waals surface area contributed by atoms with E-state index in [1.807, 2.05) is 0 Å². The van der Waals surface area contributed by atoms with Crippen molar-refractivity contribution in [3.63, 3.8) is 0 Å². The Labute approximate surface area is 105 Å². The van der Waals surface area contributed by atoms with Crippen molar-refractivity contribution in [1.82, 2.24) is 5.32 Å². The smallest absolute Gasteiger partial charge is 0.0827 e. The quantitative estimate of drug-likeness (QED) is 0.743. The lowest BCUT2D eigenvalue weighted by atomic mass is 10.2. The summed E-state index contributed by atoms with van der Waals surface area (Å²) in [5.41, 5.74) is 0.314. The summed E-state index contributed by atoms with van der Waals surface area (Å²) in [6.45, 7) is 11.5. The normalized spacial score (nSPS) is 34.4. The number of rotatable bonds is 7. The van der Waals surface area contributed by atoms with Gasteiger partial charge in [-0.25, -0.2) is 0 Å². The van der Waals surface area contributed by atoms with E-state index >= 15 is 0 Å². The molecule has 1 N–H and O–H groups in total. The highest BCUT2D eigenvalue weighted by Crippen LogP contribution is 2.46. The van der Waals surface area contributed by atoms with E-state index in [1.54, 1.807) is 0 Å². The predicted octanol–water partition coefficient (Wildman–Crippen LogP) is 2.49. The third-order valence-electron chi connectivity index (χ3n) is 3.72. The van der Waals surface area contributed by atoms with Gasteiger partial charge in [0, 0.05) is 11.6 Å². The Kier molecular flexibility index (Phi) is 3.54. The summed E-state index contributed by atoms with van der Waals surface area (Å²) in [4.78, 5) is 0. The van der Waals surface area contributed by atoms with Gasteiger partial charge in [-0.2, -0.15) is 0 Å². The Bertz CT molecular complexity index is 273.